The van der Waals surface area contributed by atoms with Crippen molar-refractivity contribution in [2.45, 2.75) is 94.9 Å². The molecule has 3 saturated heterocycles. The first-order valence-corrected chi connectivity index (χ1v) is 16.3. The lowest BCUT2D eigenvalue weighted by Crippen LogP contribution is -2.59. The Morgan fingerprint density at radius 1 is 1.22 bits per heavy atom. The number of aliphatic hydroxyl groups is 1. The van der Waals surface area contributed by atoms with E-state index in [0.29, 0.717) is 31.2 Å². The van der Waals surface area contributed by atoms with Gasteiger partial charge in [-0.1, -0.05) is 49.4 Å². The van der Waals surface area contributed by atoms with E-state index in [4.69, 9.17) is 14.2 Å². The minimum absolute atomic E-state index is 0.0664. The number of esters is 1. The number of methoxy groups -OCH3 is 1. The van der Waals surface area contributed by atoms with Crippen molar-refractivity contribution in [3.63, 3.8) is 0 Å². The Kier molecular flexibility index (Phi) is 11.8. The van der Waals surface area contributed by atoms with Crippen molar-refractivity contribution >= 4 is 23.7 Å². The highest BCUT2D eigenvalue weighted by Crippen LogP contribution is 2.59. The van der Waals surface area contributed by atoms with Crippen molar-refractivity contribution in [3.8, 4) is 0 Å². The van der Waals surface area contributed by atoms with Crippen LogP contribution in [-0.4, -0.2) is 101 Å². The van der Waals surface area contributed by atoms with Gasteiger partial charge in [0, 0.05) is 26.1 Å². The molecule has 0 aromatic heterocycles. The number of nitrogens with one attached hydrogen (secondary N) is 1. The van der Waals surface area contributed by atoms with Crippen molar-refractivity contribution in [1.82, 2.24) is 15.1 Å². The summed E-state index contributed by atoms with van der Waals surface area (Å²) in [6, 6.07) is 6.53. The summed E-state index contributed by atoms with van der Waals surface area (Å²) >= 11 is 0. The summed E-state index contributed by atoms with van der Waals surface area (Å²) in [7, 11) is 1.50. The highest BCUT2D eigenvalue weighted by molar-refractivity contribution is 5.98. The Balaban J connectivity index is 1.71. The molecule has 11 nitrogen and oxygen atoms in total. The molecule has 1 aromatic rings. The van der Waals surface area contributed by atoms with Crippen molar-refractivity contribution in [1.29, 1.82) is 0 Å². The number of ether oxygens (including phenoxy) is 3. The number of hydrogen-bond donors (Lipinski definition) is 2. The number of carbonyl (C=O) groups excluding carboxylic acids is 4. The van der Waals surface area contributed by atoms with Crippen LogP contribution >= 0.6 is 0 Å². The molecule has 46 heavy (non-hydrogen) atoms. The van der Waals surface area contributed by atoms with Crippen LogP contribution in [0.25, 0.3) is 0 Å². The first-order chi connectivity index (χ1) is 22.1. The maximum Gasteiger partial charge on any atom is 0.313 e. The molecular formula is C35H49N3O8. The third-order valence-electron chi connectivity index (χ3n) is 9.56. The van der Waals surface area contributed by atoms with E-state index in [1.165, 1.54) is 12.0 Å². The minimum atomic E-state index is -1.24. The Morgan fingerprint density at radius 2 is 1.93 bits per heavy atom. The van der Waals surface area contributed by atoms with E-state index in [9.17, 15) is 24.3 Å². The molecule has 3 heterocycles. The number of hydrogen-bond acceptors (Lipinski definition) is 8. The van der Waals surface area contributed by atoms with Gasteiger partial charge in [-0.3, -0.25) is 19.2 Å². The number of nitrogens with zero attached hydrogens (tertiary/aromatic N) is 2. The summed E-state index contributed by atoms with van der Waals surface area (Å²) in [6.45, 7) is 13.1. The lowest BCUT2D eigenvalue weighted by Gasteiger charge is -2.40. The molecule has 252 valence electrons. The maximum atomic E-state index is 14.4. The molecule has 0 aliphatic carbocycles. The number of rotatable bonds is 17. The molecule has 0 radical (unpaired) electrons. The van der Waals surface area contributed by atoms with Gasteiger partial charge in [0.25, 0.3) is 0 Å². The SMILES string of the molecule is C=CCCC(=O)N[C@H](COC)[C@H](OC(=O)[C@@H]1[C@H]2C(=O)N([C@@H](CC)CO)[C@H](C(=O)N(CC=C)C(C)C)[C@]23CC[C@H]1O3)c1ccccc1. The molecule has 3 aliphatic rings. The summed E-state index contributed by atoms with van der Waals surface area (Å²) in [5.41, 5.74) is -0.594. The number of benzene rings is 1. The standard InChI is InChI=1S/C35H49N3O8/c1-7-10-16-27(40)36-25(21-44-6)30(23-14-12-11-13-15-23)45-34(43)28-26-17-18-35(46-26)29(28)32(41)38(24(9-3)20-39)31(35)33(42)37(19-8-2)22(4)5/h7-8,11-15,22,24-26,28-31,39H,1-2,9-10,16-21H2,3-6H3,(H,36,40)/t24-,25+,26+,28-,29-,30+,31+,35-/m0/s1. The number of allylic oxidation sites excluding steroid dienone is 1. The van der Waals surface area contributed by atoms with Gasteiger partial charge in [-0.15, -0.1) is 13.2 Å². The van der Waals surface area contributed by atoms with Crippen LogP contribution in [0, 0.1) is 11.8 Å². The number of fused-ring (bicyclic) bond motifs is 1. The predicted octanol–water partition coefficient (Wildman–Crippen LogP) is 2.94. The van der Waals surface area contributed by atoms with Crippen LogP contribution in [0.2, 0.25) is 0 Å². The third-order valence-corrected chi connectivity index (χ3v) is 9.56. The van der Waals surface area contributed by atoms with Gasteiger partial charge < -0.3 is 34.4 Å². The van der Waals surface area contributed by atoms with E-state index in [1.807, 2.05) is 39.0 Å². The smallest absolute Gasteiger partial charge is 0.313 e. The van der Waals surface area contributed by atoms with E-state index in [-0.39, 0.29) is 44.0 Å². The second kappa shape index (κ2) is 15.4. The minimum Gasteiger partial charge on any atom is -0.455 e. The van der Waals surface area contributed by atoms with Gasteiger partial charge in [-0.2, -0.15) is 0 Å². The molecule has 0 unspecified atom stereocenters. The molecule has 8 atom stereocenters. The fourth-order valence-corrected chi connectivity index (χ4v) is 7.42. The molecule has 2 N–H and O–H groups in total. The summed E-state index contributed by atoms with van der Waals surface area (Å²) in [5.74, 6) is -3.52. The van der Waals surface area contributed by atoms with Crippen LogP contribution < -0.4 is 5.32 Å². The molecule has 3 aliphatic heterocycles. The Morgan fingerprint density at radius 3 is 2.52 bits per heavy atom. The number of likely N-dealkylation sites (tertiary alicyclic amines) is 1. The number of carbonyl (C=O) groups is 4. The van der Waals surface area contributed by atoms with Crippen molar-refractivity contribution < 1.29 is 38.5 Å². The molecular weight excluding hydrogens is 590 g/mol. The first kappa shape index (κ1) is 35.3. The van der Waals surface area contributed by atoms with Crippen LogP contribution in [-0.2, 0) is 33.4 Å². The fraction of sp³-hybridized carbons (Fsp3) is 0.600. The second-order valence-corrected chi connectivity index (χ2v) is 12.6. The number of amides is 3. The molecule has 4 rings (SSSR count). The van der Waals surface area contributed by atoms with E-state index < -0.39 is 59.6 Å². The molecule has 1 aromatic carbocycles. The van der Waals surface area contributed by atoms with Crippen LogP contribution in [0.4, 0.5) is 0 Å². The van der Waals surface area contributed by atoms with Crippen LogP contribution in [0.1, 0.15) is 64.5 Å². The van der Waals surface area contributed by atoms with E-state index in [0.717, 1.165) is 0 Å². The Bertz CT molecular complexity index is 1270. The van der Waals surface area contributed by atoms with Gasteiger partial charge in [-0.05, 0) is 45.1 Å². The van der Waals surface area contributed by atoms with Crippen LogP contribution in [0.5, 0.6) is 0 Å². The quantitative estimate of drug-likeness (QED) is 0.196. The second-order valence-electron chi connectivity index (χ2n) is 12.6. The lowest BCUT2D eigenvalue weighted by molar-refractivity contribution is -0.163. The zero-order valence-electron chi connectivity index (χ0n) is 27.4. The first-order valence-electron chi connectivity index (χ1n) is 16.3. The van der Waals surface area contributed by atoms with Gasteiger partial charge in [0.15, 0.2) is 0 Å². The zero-order valence-corrected chi connectivity index (χ0v) is 27.4. The molecule has 1 spiro atoms. The van der Waals surface area contributed by atoms with Gasteiger partial charge >= 0.3 is 5.97 Å². The zero-order chi connectivity index (χ0) is 33.6. The predicted molar refractivity (Wildman–Crippen MR) is 171 cm³/mol. The molecule has 3 amide bonds. The van der Waals surface area contributed by atoms with E-state index in [1.54, 1.807) is 29.2 Å². The summed E-state index contributed by atoms with van der Waals surface area (Å²) in [6.07, 6.45) is 3.74. The highest BCUT2D eigenvalue weighted by Gasteiger charge is 2.75. The average molecular weight is 640 g/mol. The normalized spacial score (nSPS) is 26.7. The van der Waals surface area contributed by atoms with Crippen molar-refractivity contribution in [2.24, 2.45) is 11.8 Å². The monoisotopic (exact) mass is 639 g/mol. The fourth-order valence-electron chi connectivity index (χ4n) is 7.42. The van der Waals surface area contributed by atoms with Crippen LogP contribution in [0.3, 0.4) is 0 Å². The Labute approximate surface area is 271 Å². The van der Waals surface area contributed by atoms with Gasteiger partial charge in [0.2, 0.25) is 17.7 Å². The molecule has 11 heteroatoms. The Hall–Kier alpha value is -3.54. The summed E-state index contributed by atoms with van der Waals surface area (Å²) < 4.78 is 18.3. The van der Waals surface area contributed by atoms with E-state index >= 15 is 0 Å². The number of aliphatic hydroxyl groups excluding tert-OH is 1. The summed E-state index contributed by atoms with van der Waals surface area (Å²) in [5, 5.41) is 13.3. The van der Waals surface area contributed by atoms with Gasteiger partial charge in [-0.25, -0.2) is 0 Å². The highest BCUT2D eigenvalue weighted by atomic mass is 16.6. The largest absolute Gasteiger partial charge is 0.455 e. The van der Waals surface area contributed by atoms with Gasteiger partial charge in [0.05, 0.1) is 43.2 Å². The average Bonchev–Trinajstić information content (AvgIpc) is 3.69. The maximum absolute atomic E-state index is 14.4. The molecule has 0 saturated carbocycles. The molecule has 2 bridgehead atoms. The lowest BCUT2D eigenvalue weighted by atomic mass is 9.70. The third kappa shape index (κ3) is 6.63. The topological polar surface area (TPSA) is 135 Å². The summed E-state index contributed by atoms with van der Waals surface area (Å²) in [4.78, 5) is 58.9. The van der Waals surface area contributed by atoms with Gasteiger partial charge in [0.1, 0.15) is 17.7 Å². The van der Waals surface area contributed by atoms with E-state index in [2.05, 4.69) is 18.5 Å². The van der Waals surface area contributed by atoms with Crippen molar-refractivity contribution in [2.75, 3.05) is 26.9 Å². The molecule has 3 fully saturated rings. The van der Waals surface area contributed by atoms with Crippen LogP contribution in [0.15, 0.2) is 55.6 Å². The van der Waals surface area contributed by atoms with Crippen molar-refractivity contribution in [3.05, 3.63) is 61.2 Å².